The SMILES string of the molecule is C=CCOC(C(OCOCCOC)=C(F)F)C1(CC=C)SCCCS1. The van der Waals surface area contributed by atoms with Gasteiger partial charge in [0.1, 0.15) is 6.10 Å². The number of hydrogen-bond donors (Lipinski definition) is 0. The second kappa shape index (κ2) is 12.8. The molecule has 1 atom stereocenters. The Balaban J connectivity index is 2.95. The first-order valence-corrected chi connectivity index (χ1v) is 9.94. The van der Waals surface area contributed by atoms with Crippen LogP contribution in [0.3, 0.4) is 0 Å². The Morgan fingerprint density at radius 2 is 1.92 bits per heavy atom. The van der Waals surface area contributed by atoms with Gasteiger partial charge in [0.15, 0.2) is 12.6 Å². The highest BCUT2D eigenvalue weighted by Crippen LogP contribution is 2.51. The van der Waals surface area contributed by atoms with Crippen LogP contribution in [0.5, 0.6) is 0 Å². The molecule has 25 heavy (non-hydrogen) atoms. The van der Waals surface area contributed by atoms with Crippen LogP contribution in [0, 0.1) is 0 Å². The topological polar surface area (TPSA) is 36.9 Å². The lowest BCUT2D eigenvalue weighted by molar-refractivity contribution is -0.0679. The number of ether oxygens (including phenoxy) is 4. The fraction of sp³-hybridized carbons (Fsp3) is 0.647. The molecule has 0 N–H and O–H groups in total. The number of thioether (sulfide) groups is 2. The average Bonchev–Trinajstić information content (AvgIpc) is 2.60. The van der Waals surface area contributed by atoms with Gasteiger partial charge in [-0.3, -0.25) is 0 Å². The average molecular weight is 397 g/mol. The van der Waals surface area contributed by atoms with Crippen molar-refractivity contribution in [1.29, 1.82) is 0 Å². The summed E-state index contributed by atoms with van der Waals surface area (Å²) in [7, 11) is 1.53. The van der Waals surface area contributed by atoms with Gasteiger partial charge in [0.05, 0.1) is 23.9 Å². The maximum atomic E-state index is 13.6. The summed E-state index contributed by atoms with van der Waals surface area (Å²) in [5.74, 6) is 1.27. The predicted molar refractivity (Wildman–Crippen MR) is 100 cm³/mol. The van der Waals surface area contributed by atoms with Crippen molar-refractivity contribution in [3.8, 4) is 0 Å². The maximum Gasteiger partial charge on any atom is 0.310 e. The highest BCUT2D eigenvalue weighted by atomic mass is 32.2. The maximum absolute atomic E-state index is 13.6. The molecular formula is C17H26F2O4S2. The normalized spacial score (nSPS) is 17.6. The molecule has 0 radical (unpaired) electrons. The molecular weight excluding hydrogens is 370 g/mol. The second-order valence-electron chi connectivity index (χ2n) is 5.15. The first kappa shape index (κ1) is 22.5. The van der Waals surface area contributed by atoms with Crippen molar-refractivity contribution in [3.05, 3.63) is 37.1 Å². The van der Waals surface area contributed by atoms with Crippen molar-refractivity contribution in [2.45, 2.75) is 23.0 Å². The van der Waals surface area contributed by atoms with Crippen molar-refractivity contribution in [3.63, 3.8) is 0 Å². The van der Waals surface area contributed by atoms with Gasteiger partial charge < -0.3 is 18.9 Å². The van der Waals surface area contributed by atoms with Crippen molar-refractivity contribution < 1.29 is 27.7 Å². The summed E-state index contributed by atoms with van der Waals surface area (Å²) in [5.41, 5.74) is 0. The summed E-state index contributed by atoms with van der Waals surface area (Å²) < 4.78 is 47.7. The zero-order valence-electron chi connectivity index (χ0n) is 14.5. The summed E-state index contributed by atoms with van der Waals surface area (Å²) >= 11 is 3.22. The summed E-state index contributed by atoms with van der Waals surface area (Å²) in [6.07, 6.45) is 2.00. The Morgan fingerprint density at radius 3 is 2.48 bits per heavy atom. The first-order chi connectivity index (χ1) is 12.1. The van der Waals surface area contributed by atoms with Crippen LogP contribution in [0.15, 0.2) is 37.1 Å². The van der Waals surface area contributed by atoms with Crippen LogP contribution >= 0.6 is 23.5 Å². The molecule has 1 unspecified atom stereocenters. The number of allylic oxidation sites excluding steroid dienone is 1. The summed E-state index contributed by atoms with van der Waals surface area (Å²) in [4.78, 5) is 0. The number of rotatable bonds is 13. The van der Waals surface area contributed by atoms with Crippen molar-refractivity contribution in [2.75, 3.05) is 45.2 Å². The zero-order chi connectivity index (χ0) is 18.5. The molecule has 0 spiro atoms. The number of hydrogen-bond acceptors (Lipinski definition) is 6. The van der Waals surface area contributed by atoms with Gasteiger partial charge in [0.2, 0.25) is 0 Å². The van der Waals surface area contributed by atoms with Gasteiger partial charge in [-0.05, 0) is 24.3 Å². The van der Waals surface area contributed by atoms with Crippen LogP contribution in [-0.2, 0) is 18.9 Å². The molecule has 1 aliphatic heterocycles. The van der Waals surface area contributed by atoms with Gasteiger partial charge in [-0.25, -0.2) is 0 Å². The standard InChI is InChI=1S/C17H26F2O4S2/c1-4-7-17(24-11-6-12-25-17)15(22-8-5-2)14(16(18)19)23-13-21-10-9-20-3/h4-5,15H,1-2,6-13H2,3H3. The molecule has 0 bridgehead atoms. The lowest BCUT2D eigenvalue weighted by atomic mass is 10.1. The molecule has 1 rings (SSSR count). The van der Waals surface area contributed by atoms with Gasteiger partial charge in [-0.2, -0.15) is 8.78 Å². The molecule has 1 fully saturated rings. The zero-order valence-corrected chi connectivity index (χ0v) is 16.1. The van der Waals surface area contributed by atoms with E-state index in [1.54, 1.807) is 29.6 Å². The van der Waals surface area contributed by atoms with E-state index in [1.807, 2.05) is 0 Å². The third-order valence-electron chi connectivity index (χ3n) is 3.34. The fourth-order valence-corrected chi connectivity index (χ4v) is 5.68. The molecule has 0 saturated carbocycles. The molecule has 0 aromatic carbocycles. The van der Waals surface area contributed by atoms with Crippen LogP contribution in [0.4, 0.5) is 8.78 Å². The fourth-order valence-electron chi connectivity index (χ4n) is 2.27. The van der Waals surface area contributed by atoms with E-state index in [1.165, 1.54) is 13.2 Å². The minimum Gasteiger partial charge on any atom is -0.463 e. The van der Waals surface area contributed by atoms with E-state index < -0.39 is 22.0 Å². The summed E-state index contributed by atoms with van der Waals surface area (Å²) in [5, 5.41) is 0. The molecule has 4 nitrogen and oxygen atoms in total. The highest BCUT2D eigenvalue weighted by molar-refractivity contribution is 8.18. The molecule has 144 valence electrons. The lowest BCUT2D eigenvalue weighted by Gasteiger charge is -2.41. The smallest absolute Gasteiger partial charge is 0.310 e. The Morgan fingerprint density at radius 1 is 1.20 bits per heavy atom. The van der Waals surface area contributed by atoms with Crippen LogP contribution in [-0.4, -0.2) is 55.4 Å². The van der Waals surface area contributed by atoms with E-state index in [-0.39, 0.29) is 20.0 Å². The van der Waals surface area contributed by atoms with Crippen LogP contribution in [0.25, 0.3) is 0 Å². The molecule has 1 heterocycles. The Hall–Kier alpha value is -0.540. The van der Waals surface area contributed by atoms with Crippen LogP contribution < -0.4 is 0 Å². The minimum atomic E-state index is -1.90. The highest BCUT2D eigenvalue weighted by Gasteiger charge is 2.46. The van der Waals surface area contributed by atoms with E-state index in [2.05, 4.69) is 13.2 Å². The van der Waals surface area contributed by atoms with E-state index in [9.17, 15) is 8.78 Å². The van der Waals surface area contributed by atoms with E-state index in [0.29, 0.717) is 13.0 Å². The quantitative estimate of drug-likeness (QED) is 0.198. The van der Waals surface area contributed by atoms with Gasteiger partial charge in [0.25, 0.3) is 0 Å². The summed E-state index contributed by atoms with van der Waals surface area (Å²) in [6.45, 7) is 7.87. The lowest BCUT2D eigenvalue weighted by Crippen LogP contribution is -2.42. The van der Waals surface area contributed by atoms with Crippen LogP contribution in [0.1, 0.15) is 12.8 Å². The molecule has 1 saturated heterocycles. The summed E-state index contributed by atoms with van der Waals surface area (Å²) in [6, 6.07) is 0. The Bertz CT molecular complexity index is 436. The van der Waals surface area contributed by atoms with Crippen LogP contribution in [0.2, 0.25) is 0 Å². The second-order valence-corrected chi connectivity index (χ2v) is 8.25. The Kier molecular flexibility index (Phi) is 11.5. The van der Waals surface area contributed by atoms with Gasteiger partial charge >= 0.3 is 6.08 Å². The first-order valence-electron chi connectivity index (χ1n) is 7.97. The molecule has 0 aliphatic carbocycles. The number of halogens is 2. The number of methoxy groups -OCH3 is 1. The van der Waals surface area contributed by atoms with Crippen molar-refractivity contribution >= 4 is 23.5 Å². The van der Waals surface area contributed by atoms with Crippen molar-refractivity contribution in [2.24, 2.45) is 0 Å². The molecule has 0 aromatic rings. The monoisotopic (exact) mass is 396 g/mol. The third kappa shape index (κ3) is 7.30. The minimum absolute atomic E-state index is 0.148. The van der Waals surface area contributed by atoms with E-state index >= 15 is 0 Å². The third-order valence-corrected chi connectivity index (χ3v) is 6.78. The Labute approximate surface area is 157 Å². The van der Waals surface area contributed by atoms with Crippen molar-refractivity contribution in [1.82, 2.24) is 0 Å². The molecule has 0 aromatic heterocycles. The van der Waals surface area contributed by atoms with E-state index in [4.69, 9.17) is 18.9 Å². The van der Waals surface area contributed by atoms with E-state index in [0.717, 1.165) is 17.9 Å². The largest absolute Gasteiger partial charge is 0.463 e. The molecule has 0 amide bonds. The van der Waals surface area contributed by atoms with Gasteiger partial charge in [-0.1, -0.05) is 12.2 Å². The molecule has 1 aliphatic rings. The van der Waals surface area contributed by atoms with Gasteiger partial charge in [0, 0.05) is 7.11 Å². The predicted octanol–water partition coefficient (Wildman–Crippen LogP) is 4.45. The van der Waals surface area contributed by atoms with Gasteiger partial charge in [-0.15, -0.1) is 36.7 Å². The molecule has 8 heteroatoms.